The molecular weight excluding hydrogens is 234 g/mol. The normalized spacial score (nSPS) is 19.9. The van der Waals surface area contributed by atoms with Gasteiger partial charge in [-0.2, -0.15) is 0 Å². The Labute approximate surface area is 104 Å². The van der Waals surface area contributed by atoms with E-state index in [2.05, 4.69) is 20.4 Å². The molecule has 0 aliphatic heterocycles. The molecule has 1 saturated carbocycles. The van der Waals surface area contributed by atoms with Gasteiger partial charge in [0.25, 0.3) is 0 Å². The van der Waals surface area contributed by atoms with Crippen molar-refractivity contribution in [3.8, 4) is 0 Å². The van der Waals surface area contributed by atoms with Crippen LogP contribution in [0.3, 0.4) is 0 Å². The molecule has 1 fully saturated rings. The van der Waals surface area contributed by atoms with Crippen LogP contribution in [0, 0.1) is 5.41 Å². The molecule has 1 aromatic heterocycles. The fourth-order valence-corrected chi connectivity index (χ4v) is 2.14. The first-order valence-corrected chi connectivity index (χ1v) is 5.88. The lowest BCUT2D eigenvalue weighted by molar-refractivity contribution is -0.131. The molecule has 2 rings (SSSR count). The van der Waals surface area contributed by atoms with E-state index < -0.39 is 5.41 Å². The smallest absolute Gasteiger partial charge is 0.234 e. The molecule has 98 valence electrons. The van der Waals surface area contributed by atoms with E-state index in [1.165, 1.54) is 0 Å². The van der Waals surface area contributed by atoms with Gasteiger partial charge >= 0.3 is 0 Å². The van der Waals surface area contributed by atoms with Crippen molar-refractivity contribution in [1.82, 2.24) is 15.3 Å². The minimum atomic E-state index is -0.852. The van der Waals surface area contributed by atoms with Crippen molar-refractivity contribution in [3.05, 3.63) is 18.2 Å². The number of nitrogens with two attached hydrogens (primary N) is 1. The largest absolute Gasteiger partial charge is 0.409 e. The van der Waals surface area contributed by atoms with Crippen LogP contribution in [0.2, 0.25) is 0 Å². The van der Waals surface area contributed by atoms with Gasteiger partial charge in [-0.1, -0.05) is 11.6 Å². The highest BCUT2D eigenvalue weighted by atomic mass is 16.4. The highest BCUT2D eigenvalue weighted by molar-refractivity contribution is 6.07. The number of hydrogen-bond acceptors (Lipinski definition) is 4. The van der Waals surface area contributed by atoms with E-state index in [0.29, 0.717) is 18.7 Å². The molecule has 1 aromatic rings. The molecule has 0 saturated heterocycles. The summed E-state index contributed by atoms with van der Waals surface area (Å²) in [6.07, 6.45) is 5.44. The summed E-state index contributed by atoms with van der Waals surface area (Å²) in [6, 6.07) is -0.239. The Hall–Kier alpha value is -2.05. The number of aromatic nitrogens is 2. The van der Waals surface area contributed by atoms with Crippen LogP contribution in [-0.4, -0.2) is 26.9 Å². The summed E-state index contributed by atoms with van der Waals surface area (Å²) in [6.45, 7) is 1.83. The number of nitrogens with one attached hydrogen (secondary N) is 2. The summed E-state index contributed by atoms with van der Waals surface area (Å²) in [5.41, 5.74) is 4.77. The van der Waals surface area contributed by atoms with Crippen molar-refractivity contribution in [2.45, 2.75) is 32.2 Å². The van der Waals surface area contributed by atoms with E-state index in [4.69, 9.17) is 10.9 Å². The van der Waals surface area contributed by atoms with E-state index in [-0.39, 0.29) is 17.8 Å². The zero-order valence-electron chi connectivity index (χ0n) is 10.2. The van der Waals surface area contributed by atoms with Crippen molar-refractivity contribution in [2.75, 3.05) is 0 Å². The number of H-pyrrole nitrogens is 1. The van der Waals surface area contributed by atoms with Crippen LogP contribution in [0.15, 0.2) is 17.5 Å². The monoisotopic (exact) mass is 251 g/mol. The number of amidine groups is 1. The van der Waals surface area contributed by atoms with Gasteiger partial charge in [0.05, 0.1) is 6.04 Å². The topological polar surface area (TPSA) is 116 Å². The SMILES string of the molecule is CC(NC(=O)C1(/C(N)=N/O)CCC1)c1ncc[nH]1. The van der Waals surface area contributed by atoms with E-state index in [1.807, 2.05) is 6.92 Å². The van der Waals surface area contributed by atoms with E-state index in [1.54, 1.807) is 12.4 Å². The van der Waals surface area contributed by atoms with Crippen molar-refractivity contribution in [3.63, 3.8) is 0 Å². The maximum absolute atomic E-state index is 12.2. The number of amides is 1. The summed E-state index contributed by atoms with van der Waals surface area (Å²) >= 11 is 0. The highest BCUT2D eigenvalue weighted by Gasteiger charge is 2.48. The Morgan fingerprint density at radius 1 is 1.72 bits per heavy atom. The molecule has 0 bridgehead atoms. The molecule has 7 heteroatoms. The fraction of sp³-hybridized carbons (Fsp3) is 0.545. The molecule has 1 aliphatic rings. The van der Waals surface area contributed by atoms with Crippen molar-refractivity contribution >= 4 is 11.7 Å². The summed E-state index contributed by atoms with van der Waals surface area (Å²) < 4.78 is 0. The summed E-state index contributed by atoms with van der Waals surface area (Å²) in [5.74, 6) is 0.447. The van der Waals surface area contributed by atoms with Gasteiger partial charge in [0.15, 0.2) is 5.84 Å². The van der Waals surface area contributed by atoms with Crippen molar-refractivity contribution in [2.24, 2.45) is 16.3 Å². The van der Waals surface area contributed by atoms with Crippen molar-refractivity contribution < 1.29 is 10.0 Å². The number of nitrogens with zero attached hydrogens (tertiary/aromatic N) is 2. The van der Waals surface area contributed by atoms with Gasteiger partial charge in [-0.25, -0.2) is 4.98 Å². The first-order chi connectivity index (χ1) is 8.60. The molecule has 1 aliphatic carbocycles. The second-order valence-electron chi connectivity index (χ2n) is 4.59. The Morgan fingerprint density at radius 3 is 2.89 bits per heavy atom. The van der Waals surface area contributed by atoms with E-state index in [9.17, 15) is 4.79 Å². The van der Waals surface area contributed by atoms with Gasteiger partial charge in [-0.15, -0.1) is 0 Å². The molecule has 1 atom stereocenters. The maximum Gasteiger partial charge on any atom is 0.234 e. The molecular formula is C11H17N5O2. The minimum absolute atomic E-state index is 0.0158. The lowest BCUT2D eigenvalue weighted by atomic mass is 9.67. The highest BCUT2D eigenvalue weighted by Crippen LogP contribution is 2.41. The average molecular weight is 251 g/mol. The Balaban J connectivity index is 2.07. The Kier molecular flexibility index (Phi) is 3.22. The lowest BCUT2D eigenvalue weighted by Crippen LogP contribution is -2.54. The molecule has 0 spiro atoms. The molecule has 7 nitrogen and oxygen atoms in total. The molecule has 0 aromatic carbocycles. The second-order valence-corrected chi connectivity index (χ2v) is 4.59. The fourth-order valence-electron chi connectivity index (χ4n) is 2.14. The van der Waals surface area contributed by atoms with Gasteiger partial charge in [0, 0.05) is 12.4 Å². The van der Waals surface area contributed by atoms with Gasteiger partial charge in [-0.3, -0.25) is 4.79 Å². The van der Waals surface area contributed by atoms with Gasteiger partial charge in [0.2, 0.25) is 5.91 Å². The number of hydrogen-bond donors (Lipinski definition) is 4. The first kappa shape index (κ1) is 12.4. The Morgan fingerprint density at radius 2 is 2.44 bits per heavy atom. The third kappa shape index (κ3) is 1.92. The average Bonchev–Trinajstić information content (AvgIpc) is 2.80. The number of rotatable bonds is 4. The van der Waals surface area contributed by atoms with Crippen LogP contribution < -0.4 is 11.1 Å². The van der Waals surface area contributed by atoms with Crippen LogP contribution in [0.4, 0.5) is 0 Å². The summed E-state index contributed by atoms with van der Waals surface area (Å²) in [5, 5.41) is 14.6. The third-order valence-electron chi connectivity index (χ3n) is 3.52. The number of oxime groups is 1. The predicted octanol–water partition coefficient (Wildman–Crippen LogP) is 0.504. The van der Waals surface area contributed by atoms with Crippen LogP contribution >= 0.6 is 0 Å². The number of carbonyl (C=O) groups is 1. The van der Waals surface area contributed by atoms with Crippen LogP contribution in [0.1, 0.15) is 38.1 Å². The molecule has 18 heavy (non-hydrogen) atoms. The van der Waals surface area contributed by atoms with Crippen LogP contribution in [0.5, 0.6) is 0 Å². The maximum atomic E-state index is 12.2. The molecule has 0 radical (unpaired) electrons. The van der Waals surface area contributed by atoms with Crippen molar-refractivity contribution in [1.29, 1.82) is 0 Å². The van der Waals surface area contributed by atoms with Crippen LogP contribution in [0.25, 0.3) is 0 Å². The lowest BCUT2D eigenvalue weighted by Gasteiger charge is -2.39. The second kappa shape index (κ2) is 4.67. The zero-order chi connectivity index (χ0) is 13.2. The quantitative estimate of drug-likeness (QED) is 0.270. The van der Waals surface area contributed by atoms with E-state index in [0.717, 1.165) is 6.42 Å². The molecule has 1 amide bonds. The minimum Gasteiger partial charge on any atom is -0.409 e. The summed E-state index contributed by atoms with van der Waals surface area (Å²) in [4.78, 5) is 19.2. The predicted molar refractivity (Wildman–Crippen MR) is 64.8 cm³/mol. The van der Waals surface area contributed by atoms with Gasteiger partial charge < -0.3 is 21.2 Å². The number of carbonyl (C=O) groups excluding carboxylic acids is 1. The third-order valence-corrected chi connectivity index (χ3v) is 3.52. The molecule has 1 unspecified atom stereocenters. The van der Waals surface area contributed by atoms with E-state index >= 15 is 0 Å². The summed E-state index contributed by atoms with van der Waals surface area (Å²) in [7, 11) is 0. The van der Waals surface area contributed by atoms with Gasteiger partial charge in [-0.05, 0) is 19.8 Å². The first-order valence-electron chi connectivity index (χ1n) is 5.88. The standard InChI is InChI=1S/C11H17N5O2/c1-7(8-13-5-6-14-8)15-10(17)11(3-2-4-11)9(12)16-18/h5-7,18H,2-4H2,1H3,(H2,12,16)(H,13,14)(H,15,17). The zero-order valence-corrected chi connectivity index (χ0v) is 10.2. The number of aromatic amines is 1. The molecule has 1 heterocycles. The van der Waals surface area contributed by atoms with Crippen LogP contribution in [-0.2, 0) is 4.79 Å². The Bertz CT molecular complexity index is 450. The van der Waals surface area contributed by atoms with Gasteiger partial charge in [0.1, 0.15) is 11.2 Å². The molecule has 5 N–H and O–H groups in total. The number of imidazole rings is 1.